The summed E-state index contributed by atoms with van der Waals surface area (Å²) in [6.07, 6.45) is 3.59. The maximum absolute atomic E-state index is 13.9. The monoisotopic (exact) mass is 277 g/mol. The van der Waals surface area contributed by atoms with Gasteiger partial charge in [-0.15, -0.1) is 0 Å². The quantitative estimate of drug-likeness (QED) is 0.747. The number of imidazole rings is 1. The van der Waals surface area contributed by atoms with Crippen molar-refractivity contribution in [3.63, 3.8) is 0 Å². The van der Waals surface area contributed by atoms with Gasteiger partial charge in [0.05, 0.1) is 6.54 Å². The Labute approximate surface area is 117 Å². The van der Waals surface area contributed by atoms with Gasteiger partial charge in [0.15, 0.2) is 0 Å². The lowest BCUT2D eigenvalue weighted by Gasteiger charge is -2.17. The van der Waals surface area contributed by atoms with E-state index < -0.39 is 12.9 Å². The molecule has 0 saturated heterocycles. The standard InChI is InChI=1S/C13H17BFN3O2/c1-17(9-13-16-5-6-18(13)2)8-10-3-4-11(14(19)20)7-12(10)15/h3-7,19-20H,8-9H2,1-2H3. The van der Waals surface area contributed by atoms with Crippen LogP contribution in [0.5, 0.6) is 0 Å². The molecule has 1 heterocycles. The second kappa shape index (κ2) is 6.17. The summed E-state index contributed by atoms with van der Waals surface area (Å²) in [5, 5.41) is 18.0. The second-order valence-electron chi connectivity index (χ2n) is 4.85. The Hall–Kier alpha value is -1.70. The van der Waals surface area contributed by atoms with E-state index in [1.54, 1.807) is 12.3 Å². The highest BCUT2D eigenvalue weighted by Crippen LogP contribution is 2.10. The molecule has 1 aromatic heterocycles. The van der Waals surface area contributed by atoms with E-state index in [1.165, 1.54) is 6.07 Å². The minimum atomic E-state index is -1.65. The normalized spacial score (nSPS) is 11.1. The summed E-state index contributed by atoms with van der Waals surface area (Å²) in [6, 6.07) is 4.23. The van der Waals surface area contributed by atoms with Crippen LogP contribution in [0.1, 0.15) is 11.4 Å². The van der Waals surface area contributed by atoms with Gasteiger partial charge in [-0.05, 0) is 18.6 Å². The molecule has 1 aromatic carbocycles. The molecule has 106 valence electrons. The Morgan fingerprint density at radius 1 is 1.35 bits per heavy atom. The number of benzene rings is 1. The maximum Gasteiger partial charge on any atom is 0.488 e. The minimum absolute atomic E-state index is 0.151. The number of nitrogens with zero attached hydrogens (tertiary/aromatic N) is 3. The lowest BCUT2D eigenvalue weighted by molar-refractivity contribution is 0.302. The van der Waals surface area contributed by atoms with Crippen molar-refractivity contribution in [2.24, 2.45) is 7.05 Å². The topological polar surface area (TPSA) is 61.5 Å². The van der Waals surface area contributed by atoms with Crippen LogP contribution in [0, 0.1) is 5.82 Å². The third-order valence-corrected chi connectivity index (χ3v) is 3.15. The Bertz CT molecular complexity index is 589. The van der Waals surface area contributed by atoms with E-state index in [0.717, 1.165) is 11.9 Å². The first-order valence-corrected chi connectivity index (χ1v) is 6.26. The minimum Gasteiger partial charge on any atom is -0.423 e. The predicted molar refractivity (Wildman–Crippen MR) is 74.6 cm³/mol. The summed E-state index contributed by atoms with van der Waals surface area (Å²) in [5.74, 6) is 0.456. The molecule has 0 radical (unpaired) electrons. The highest BCUT2D eigenvalue weighted by atomic mass is 19.1. The molecule has 20 heavy (non-hydrogen) atoms. The largest absolute Gasteiger partial charge is 0.488 e. The molecule has 5 nitrogen and oxygen atoms in total. The van der Waals surface area contributed by atoms with Crippen LogP contribution in [0.2, 0.25) is 0 Å². The van der Waals surface area contributed by atoms with Crippen LogP contribution in [0.4, 0.5) is 4.39 Å². The molecule has 0 aliphatic carbocycles. The molecule has 0 atom stereocenters. The Kier molecular flexibility index (Phi) is 4.54. The molecule has 2 N–H and O–H groups in total. The van der Waals surface area contributed by atoms with Gasteiger partial charge in [-0.2, -0.15) is 0 Å². The number of rotatable bonds is 5. The molecule has 7 heteroatoms. The zero-order valence-corrected chi connectivity index (χ0v) is 11.5. The van der Waals surface area contributed by atoms with Gasteiger partial charge in [0.2, 0.25) is 0 Å². The van der Waals surface area contributed by atoms with Gasteiger partial charge in [0, 0.05) is 31.5 Å². The van der Waals surface area contributed by atoms with Crippen molar-refractivity contribution in [3.8, 4) is 0 Å². The van der Waals surface area contributed by atoms with Crippen molar-refractivity contribution in [2.45, 2.75) is 13.1 Å². The van der Waals surface area contributed by atoms with Crippen LogP contribution >= 0.6 is 0 Å². The summed E-state index contributed by atoms with van der Waals surface area (Å²) in [4.78, 5) is 6.16. The predicted octanol–water partition coefficient (Wildman–Crippen LogP) is -0.129. The Balaban J connectivity index is 2.04. The molecular weight excluding hydrogens is 260 g/mol. The molecular formula is C13H17BFN3O2. The molecule has 0 bridgehead atoms. The number of aryl methyl sites for hydroxylation is 1. The number of hydrogen-bond donors (Lipinski definition) is 2. The van der Waals surface area contributed by atoms with E-state index in [1.807, 2.05) is 29.8 Å². The average molecular weight is 277 g/mol. The van der Waals surface area contributed by atoms with Crippen LogP contribution in [-0.2, 0) is 20.1 Å². The molecule has 2 aromatic rings. The smallest absolute Gasteiger partial charge is 0.423 e. The van der Waals surface area contributed by atoms with E-state index in [9.17, 15) is 4.39 Å². The first-order valence-electron chi connectivity index (χ1n) is 6.26. The molecule has 0 saturated carbocycles. The van der Waals surface area contributed by atoms with E-state index >= 15 is 0 Å². The maximum atomic E-state index is 13.9. The van der Waals surface area contributed by atoms with Crippen molar-refractivity contribution in [1.82, 2.24) is 14.5 Å². The first-order chi connectivity index (χ1) is 9.47. The number of hydrogen-bond acceptors (Lipinski definition) is 4. The first kappa shape index (κ1) is 14.7. The summed E-state index contributed by atoms with van der Waals surface area (Å²) in [5.41, 5.74) is 0.657. The third-order valence-electron chi connectivity index (χ3n) is 3.15. The average Bonchev–Trinajstić information content (AvgIpc) is 2.77. The summed E-state index contributed by atoms with van der Waals surface area (Å²) >= 11 is 0. The van der Waals surface area contributed by atoms with Gasteiger partial charge in [0.1, 0.15) is 11.6 Å². The molecule has 0 amide bonds. The highest BCUT2D eigenvalue weighted by Gasteiger charge is 2.14. The van der Waals surface area contributed by atoms with Crippen LogP contribution in [0.3, 0.4) is 0 Å². The van der Waals surface area contributed by atoms with Crippen LogP contribution in [-0.4, -0.2) is 38.7 Å². The molecule has 0 unspecified atom stereocenters. The van der Waals surface area contributed by atoms with Crippen molar-refractivity contribution in [2.75, 3.05) is 7.05 Å². The van der Waals surface area contributed by atoms with E-state index in [-0.39, 0.29) is 5.46 Å². The molecule has 0 fully saturated rings. The summed E-state index contributed by atoms with van der Waals surface area (Å²) in [7, 11) is 2.14. The van der Waals surface area contributed by atoms with Crippen molar-refractivity contribution < 1.29 is 14.4 Å². The van der Waals surface area contributed by atoms with Gasteiger partial charge in [-0.3, -0.25) is 4.90 Å². The molecule has 0 aliphatic heterocycles. The van der Waals surface area contributed by atoms with Gasteiger partial charge in [-0.25, -0.2) is 9.37 Å². The van der Waals surface area contributed by atoms with Crippen molar-refractivity contribution >= 4 is 12.6 Å². The fourth-order valence-electron chi connectivity index (χ4n) is 1.99. The second-order valence-corrected chi connectivity index (χ2v) is 4.85. The van der Waals surface area contributed by atoms with E-state index in [2.05, 4.69) is 4.98 Å². The van der Waals surface area contributed by atoms with Gasteiger partial charge in [0.25, 0.3) is 0 Å². The van der Waals surface area contributed by atoms with Crippen LogP contribution in [0.25, 0.3) is 0 Å². The summed E-state index contributed by atoms with van der Waals surface area (Å²) in [6.45, 7) is 1.02. The van der Waals surface area contributed by atoms with Gasteiger partial charge in [-0.1, -0.05) is 12.1 Å². The van der Waals surface area contributed by atoms with Gasteiger partial charge < -0.3 is 14.6 Å². The van der Waals surface area contributed by atoms with E-state index in [0.29, 0.717) is 18.7 Å². The molecule has 0 aliphatic rings. The SMILES string of the molecule is CN(Cc1ccc(B(O)O)cc1F)Cc1nccn1C. The number of aromatic nitrogens is 2. The lowest BCUT2D eigenvalue weighted by atomic mass is 9.80. The highest BCUT2D eigenvalue weighted by molar-refractivity contribution is 6.58. The fourth-order valence-corrected chi connectivity index (χ4v) is 1.99. The van der Waals surface area contributed by atoms with Crippen LogP contribution < -0.4 is 5.46 Å². The number of halogens is 1. The zero-order valence-electron chi connectivity index (χ0n) is 11.5. The lowest BCUT2D eigenvalue weighted by Crippen LogP contribution is -2.30. The molecule has 2 rings (SSSR count). The van der Waals surface area contributed by atoms with E-state index in [4.69, 9.17) is 10.0 Å². The van der Waals surface area contributed by atoms with Crippen LogP contribution in [0.15, 0.2) is 30.6 Å². The Morgan fingerprint density at radius 3 is 2.65 bits per heavy atom. The Morgan fingerprint density at radius 2 is 2.10 bits per heavy atom. The zero-order chi connectivity index (χ0) is 14.7. The molecule has 0 spiro atoms. The van der Waals surface area contributed by atoms with Crippen molar-refractivity contribution in [1.29, 1.82) is 0 Å². The third kappa shape index (κ3) is 3.44. The van der Waals surface area contributed by atoms with Crippen molar-refractivity contribution in [3.05, 3.63) is 47.8 Å². The summed E-state index contributed by atoms with van der Waals surface area (Å²) < 4.78 is 15.8. The van der Waals surface area contributed by atoms with Gasteiger partial charge >= 0.3 is 7.12 Å². The fraction of sp³-hybridized carbons (Fsp3) is 0.308.